The summed E-state index contributed by atoms with van der Waals surface area (Å²) in [6.45, 7) is 2.31. The minimum atomic E-state index is -5.09. The predicted molar refractivity (Wildman–Crippen MR) is 66.9 cm³/mol. The van der Waals surface area contributed by atoms with Crippen molar-refractivity contribution in [3.05, 3.63) is 12.7 Å². The third-order valence-corrected chi connectivity index (χ3v) is 6.20. The molecule has 24 heavy (non-hydrogen) atoms. The van der Waals surface area contributed by atoms with Crippen molar-refractivity contribution in [2.75, 3.05) is 6.61 Å². The van der Waals surface area contributed by atoms with Crippen molar-refractivity contribution in [3.63, 3.8) is 0 Å². The molecule has 0 aromatic carbocycles. The van der Waals surface area contributed by atoms with E-state index in [2.05, 4.69) is 15.5 Å². The Morgan fingerprint density at radius 2 is 2.04 bits per heavy atom. The Balaban J connectivity index is 1.76. The summed E-state index contributed by atoms with van der Waals surface area (Å²) in [6, 6.07) is 0. The largest absolute Gasteiger partial charge is 0.454 e. The molecule has 8 nitrogen and oxygen atoms in total. The molecule has 2 bridgehead atoms. The highest BCUT2D eigenvalue weighted by Crippen LogP contribution is 2.60. The van der Waals surface area contributed by atoms with Crippen molar-refractivity contribution in [2.24, 2.45) is 0 Å². The summed E-state index contributed by atoms with van der Waals surface area (Å²) in [5.41, 5.74) is 0. The quantitative estimate of drug-likeness (QED) is 0.380. The Morgan fingerprint density at radius 1 is 1.38 bits per heavy atom. The minimum Gasteiger partial charge on any atom is -0.454 e. The van der Waals surface area contributed by atoms with Gasteiger partial charge in [0.15, 0.2) is 12.7 Å². The van der Waals surface area contributed by atoms with E-state index < -0.39 is 70.4 Å². The molecule has 12 heteroatoms. The Hall–Kier alpha value is -1.66. The van der Waals surface area contributed by atoms with Gasteiger partial charge in [-0.1, -0.05) is 6.58 Å². The van der Waals surface area contributed by atoms with Gasteiger partial charge in [0.2, 0.25) is 4.75 Å². The molecule has 3 aliphatic heterocycles. The van der Waals surface area contributed by atoms with Gasteiger partial charge in [0, 0.05) is 12.5 Å². The molecular formula is C12H11F3O8S. The number of carbonyl (C=O) groups excluding carboxylic acids is 2. The van der Waals surface area contributed by atoms with Gasteiger partial charge in [-0.3, -0.25) is 4.18 Å². The molecule has 3 saturated heterocycles. The third-order valence-electron chi connectivity index (χ3n) is 4.20. The zero-order valence-corrected chi connectivity index (χ0v) is 12.6. The van der Waals surface area contributed by atoms with Crippen LogP contribution in [0.3, 0.4) is 0 Å². The summed E-state index contributed by atoms with van der Waals surface area (Å²) in [4.78, 5) is 22.4. The van der Waals surface area contributed by atoms with Crippen LogP contribution in [0.2, 0.25) is 0 Å². The fourth-order valence-electron chi connectivity index (χ4n) is 3.20. The number of fused-ring (bicyclic) bond motifs is 1. The van der Waals surface area contributed by atoms with Crippen LogP contribution in [-0.4, -0.2) is 62.3 Å². The summed E-state index contributed by atoms with van der Waals surface area (Å²) in [7, 11) is -4.99. The first-order valence-electron chi connectivity index (χ1n) is 6.67. The summed E-state index contributed by atoms with van der Waals surface area (Å²) in [5.74, 6) is -1.97. The van der Waals surface area contributed by atoms with Crippen LogP contribution in [0.4, 0.5) is 13.2 Å². The van der Waals surface area contributed by atoms with Gasteiger partial charge < -0.3 is 14.2 Å². The van der Waals surface area contributed by atoms with Crippen molar-refractivity contribution in [3.8, 4) is 0 Å². The van der Waals surface area contributed by atoms with E-state index in [0.717, 1.165) is 6.08 Å². The molecular weight excluding hydrogens is 361 g/mol. The lowest BCUT2D eigenvalue weighted by Gasteiger charge is -2.30. The van der Waals surface area contributed by atoms with Crippen LogP contribution in [-0.2, 0) is 38.1 Å². The average molecular weight is 372 g/mol. The Kier molecular flexibility index (Phi) is 3.70. The van der Waals surface area contributed by atoms with Crippen LogP contribution < -0.4 is 0 Å². The van der Waals surface area contributed by atoms with E-state index in [9.17, 15) is 31.2 Å². The molecule has 3 rings (SSSR count). The van der Waals surface area contributed by atoms with Crippen LogP contribution in [0.1, 0.15) is 6.42 Å². The summed E-state index contributed by atoms with van der Waals surface area (Å²) in [5, 5.41) is 0. The second kappa shape index (κ2) is 5.17. The summed E-state index contributed by atoms with van der Waals surface area (Å²) < 4.78 is 79.5. The fraction of sp³-hybridized carbons (Fsp3) is 0.667. The van der Waals surface area contributed by atoms with E-state index in [-0.39, 0.29) is 0 Å². The Morgan fingerprint density at radius 3 is 2.62 bits per heavy atom. The number of hydrogen-bond acceptors (Lipinski definition) is 8. The number of halogens is 3. The second-order valence-corrected chi connectivity index (χ2v) is 7.30. The molecule has 3 aliphatic rings. The molecule has 0 aliphatic carbocycles. The van der Waals surface area contributed by atoms with Crippen LogP contribution >= 0.6 is 0 Å². The van der Waals surface area contributed by atoms with E-state index in [1.165, 1.54) is 0 Å². The van der Waals surface area contributed by atoms with E-state index in [1.807, 2.05) is 0 Å². The first-order valence-corrected chi connectivity index (χ1v) is 8.08. The van der Waals surface area contributed by atoms with Gasteiger partial charge in [-0.05, 0) is 0 Å². The third kappa shape index (κ3) is 2.16. The lowest BCUT2D eigenvalue weighted by molar-refractivity contribution is -0.176. The zero-order valence-electron chi connectivity index (χ0n) is 11.8. The van der Waals surface area contributed by atoms with Crippen molar-refractivity contribution in [2.45, 2.75) is 41.8 Å². The van der Waals surface area contributed by atoms with Crippen LogP contribution in [0.15, 0.2) is 12.7 Å². The van der Waals surface area contributed by atoms with Gasteiger partial charge in [-0.25, -0.2) is 9.59 Å². The molecule has 3 heterocycles. The fourth-order valence-corrected chi connectivity index (χ4v) is 5.00. The van der Waals surface area contributed by atoms with Crippen LogP contribution in [0.5, 0.6) is 0 Å². The Bertz CT molecular complexity index is 702. The highest BCUT2D eigenvalue weighted by molar-refractivity contribution is 7.88. The molecule has 0 N–H and O–H groups in total. The zero-order chi connectivity index (χ0) is 17.9. The van der Waals surface area contributed by atoms with Crippen LogP contribution in [0.25, 0.3) is 0 Å². The number of esters is 2. The van der Waals surface area contributed by atoms with Crippen molar-refractivity contribution < 1.29 is 49.6 Å². The van der Waals surface area contributed by atoms with Gasteiger partial charge in [-0.15, -0.1) is 0 Å². The minimum absolute atomic E-state index is 0.803. The molecule has 0 saturated carbocycles. The van der Waals surface area contributed by atoms with Crippen molar-refractivity contribution in [1.29, 1.82) is 0 Å². The molecule has 0 spiro atoms. The topological polar surface area (TPSA) is 105 Å². The summed E-state index contributed by atoms with van der Waals surface area (Å²) >= 11 is 0. The highest BCUT2D eigenvalue weighted by atomic mass is 32.2. The lowest BCUT2D eigenvalue weighted by atomic mass is 9.84. The summed E-state index contributed by atoms with van der Waals surface area (Å²) in [6.07, 6.45) is -11.2. The maximum absolute atomic E-state index is 13.3. The van der Waals surface area contributed by atoms with E-state index in [4.69, 9.17) is 9.47 Å². The normalized spacial score (nSPS) is 38.8. The molecule has 0 aromatic heterocycles. The number of carbonyl (C=O) groups is 2. The number of hydrogen-bond donors (Lipinski definition) is 0. The van der Waals surface area contributed by atoms with E-state index in [1.54, 1.807) is 0 Å². The van der Waals surface area contributed by atoms with Gasteiger partial charge in [0.05, 0.1) is 6.10 Å². The van der Waals surface area contributed by atoms with E-state index >= 15 is 0 Å². The van der Waals surface area contributed by atoms with Crippen molar-refractivity contribution in [1.82, 2.24) is 0 Å². The second-order valence-electron chi connectivity index (χ2n) is 5.47. The highest BCUT2D eigenvalue weighted by Gasteiger charge is 2.84. The van der Waals surface area contributed by atoms with Crippen LogP contribution in [0, 0.1) is 0 Å². The molecule has 0 radical (unpaired) electrons. The van der Waals surface area contributed by atoms with E-state index in [0.29, 0.717) is 0 Å². The molecule has 5 unspecified atom stereocenters. The number of rotatable bonds is 4. The first-order chi connectivity index (χ1) is 11.0. The molecule has 5 atom stereocenters. The number of alkyl halides is 3. The maximum Gasteiger partial charge on any atom is 0.413 e. The smallest absolute Gasteiger partial charge is 0.413 e. The SMILES string of the molecule is C=CC(=O)OCC(=O)OC1C2CC3(C(F)(F)F)C(O2)C1OS3(=O)=O. The van der Waals surface area contributed by atoms with Gasteiger partial charge in [0.25, 0.3) is 10.1 Å². The van der Waals surface area contributed by atoms with Crippen molar-refractivity contribution >= 4 is 22.1 Å². The lowest BCUT2D eigenvalue weighted by Crippen LogP contribution is -2.57. The van der Waals surface area contributed by atoms with Gasteiger partial charge in [-0.2, -0.15) is 21.6 Å². The molecule has 134 valence electrons. The maximum atomic E-state index is 13.3. The monoisotopic (exact) mass is 372 g/mol. The Labute approximate surface area is 133 Å². The standard InChI is InChI=1S/C12H11F3O8S/c1-2-6(16)20-4-7(17)22-8-5-3-11(12(13,14)15)10(21-5)9(8)23-24(11,18)19/h2,5,8-10H,1,3-4H2. The molecule has 0 aromatic rings. The predicted octanol–water partition coefficient (Wildman–Crippen LogP) is -0.172. The first kappa shape index (κ1) is 17.2. The van der Waals surface area contributed by atoms with Gasteiger partial charge >= 0.3 is 18.1 Å². The number of ether oxygens (including phenoxy) is 3. The molecule has 3 fully saturated rings. The average Bonchev–Trinajstić information content (AvgIpc) is 3.05. The van der Waals surface area contributed by atoms with Gasteiger partial charge in [0.1, 0.15) is 12.2 Å². The molecule has 0 amide bonds.